The van der Waals surface area contributed by atoms with Crippen LogP contribution in [0.25, 0.3) is 0 Å². The van der Waals surface area contributed by atoms with E-state index in [1.165, 1.54) is 0 Å². The maximum atomic E-state index is 12.4. The first kappa shape index (κ1) is 15.9. The number of halogens is 3. The molecule has 2 heterocycles. The van der Waals surface area contributed by atoms with E-state index < -0.39 is 23.8 Å². The minimum Gasteiger partial charge on any atom is -0.342 e. The van der Waals surface area contributed by atoms with Crippen molar-refractivity contribution in [2.24, 2.45) is 0 Å². The highest BCUT2D eigenvalue weighted by atomic mass is 19.4. The number of hydrogen-bond acceptors (Lipinski definition) is 5. The quantitative estimate of drug-likeness (QED) is 0.878. The number of alkyl halides is 3. The molecule has 0 unspecified atom stereocenters. The molecule has 1 amide bonds. The van der Waals surface area contributed by atoms with Crippen LogP contribution in [0, 0.1) is 0 Å². The first-order valence-electron chi connectivity index (χ1n) is 6.49. The van der Waals surface area contributed by atoms with Gasteiger partial charge in [0.15, 0.2) is 5.82 Å². The monoisotopic (exact) mass is 314 g/mol. The van der Waals surface area contributed by atoms with E-state index >= 15 is 0 Å². The summed E-state index contributed by atoms with van der Waals surface area (Å²) in [5.74, 6) is -0.237. The van der Waals surface area contributed by atoms with E-state index in [0.717, 1.165) is 24.8 Å². The van der Waals surface area contributed by atoms with Crippen LogP contribution in [0.4, 0.5) is 13.2 Å². The van der Waals surface area contributed by atoms with Gasteiger partial charge in [-0.3, -0.25) is 9.78 Å². The summed E-state index contributed by atoms with van der Waals surface area (Å²) < 4.78 is 37.3. The van der Waals surface area contributed by atoms with Gasteiger partial charge in [0.2, 0.25) is 0 Å². The number of H-pyrrole nitrogens is 1. The molecule has 0 aliphatic carbocycles. The van der Waals surface area contributed by atoms with E-state index in [1.807, 2.05) is 6.92 Å². The van der Waals surface area contributed by atoms with Crippen molar-refractivity contribution < 1.29 is 18.0 Å². The van der Waals surface area contributed by atoms with Crippen molar-refractivity contribution in [2.75, 3.05) is 0 Å². The van der Waals surface area contributed by atoms with Gasteiger partial charge in [0.05, 0.1) is 11.6 Å². The third-order valence-electron chi connectivity index (χ3n) is 2.87. The lowest BCUT2D eigenvalue weighted by atomic mass is 10.1. The van der Waals surface area contributed by atoms with Gasteiger partial charge in [-0.15, -0.1) is 10.2 Å². The SMILES string of the molecule is CCC[C@@H](NC(=O)c1ccc(C(F)(F)F)nc1)c1nn[nH]n1. The summed E-state index contributed by atoms with van der Waals surface area (Å²) in [5, 5.41) is 16.0. The van der Waals surface area contributed by atoms with Crippen molar-refractivity contribution in [1.29, 1.82) is 0 Å². The molecule has 0 aromatic carbocycles. The van der Waals surface area contributed by atoms with E-state index in [0.29, 0.717) is 12.2 Å². The van der Waals surface area contributed by atoms with Crippen LogP contribution in [0.1, 0.15) is 47.7 Å². The maximum absolute atomic E-state index is 12.4. The lowest BCUT2D eigenvalue weighted by Crippen LogP contribution is -2.29. The molecule has 0 aliphatic heterocycles. The zero-order valence-electron chi connectivity index (χ0n) is 11.6. The minimum atomic E-state index is -4.54. The van der Waals surface area contributed by atoms with E-state index in [2.05, 4.69) is 30.9 Å². The zero-order chi connectivity index (χ0) is 16.2. The lowest BCUT2D eigenvalue weighted by molar-refractivity contribution is -0.141. The van der Waals surface area contributed by atoms with Crippen LogP contribution in [0.2, 0.25) is 0 Å². The Morgan fingerprint density at radius 1 is 1.41 bits per heavy atom. The molecule has 1 atom stereocenters. The Labute approximate surface area is 123 Å². The zero-order valence-corrected chi connectivity index (χ0v) is 11.6. The summed E-state index contributed by atoms with van der Waals surface area (Å²) in [6.45, 7) is 1.92. The first-order chi connectivity index (χ1) is 10.4. The highest BCUT2D eigenvalue weighted by molar-refractivity contribution is 5.94. The molecule has 0 saturated carbocycles. The number of pyridine rings is 1. The average Bonchev–Trinajstić information content (AvgIpc) is 3.00. The van der Waals surface area contributed by atoms with Crippen molar-refractivity contribution in [2.45, 2.75) is 32.0 Å². The minimum absolute atomic E-state index is 0.0256. The predicted molar refractivity (Wildman–Crippen MR) is 68.5 cm³/mol. The summed E-state index contributed by atoms with van der Waals surface area (Å²) in [7, 11) is 0. The van der Waals surface area contributed by atoms with E-state index in [9.17, 15) is 18.0 Å². The summed E-state index contributed by atoms with van der Waals surface area (Å²) >= 11 is 0. The largest absolute Gasteiger partial charge is 0.433 e. The van der Waals surface area contributed by atoms with E-state index in [-0.39, 0.29) is 5.56 Å². The third kappa shape index (κ3) is 3.77. The van der Waals surface area contributed by atoms with Gasteiger partial charge < -0.3 is 5.32 Å². The second-order valence-corrected chi connectivity index (χ2v) is 4.51. The molecule has 10 heteroatoms. The van der Waals surface area contributed by atoms with Gasteiger partial charge in [-0.05, 0) is 18.6 Å². The topological polar surface area (TPSA) is 96.5 Å². The molecule has 7 nitrogen and oxygen atoms in total. The van der Waals surface area contributed by atoms with Crippen LogP contribution in [0.5, 0.6) is 0 Å². The summed E-state index contributed by atoms with van der Waals surface area (Å²) in [6.07, 6.45) is -2.33. The number of rotatable bonds is 5. The normalized spacial score (nSPS) is 12.9. The van der Waals surface area contributed by atoms with Crippen LogP contribution >= 0.6 is 0 Å². The standard InChI is InChI=1S/C12H13F3N6O/c1-2-3-8(10-18-20-21-19-10)17-11(22)7-4-5-9(16-6-7)12(13,14)15/h4-6,8H,2-3H2,1H3,(H,17,22)(H,18,19,20,21)/t8-/m1/s1. The van der Waals surface area contributed by atoms with Crippen LogP contribution in [-0.4, -0.2) is 31.5 Å². The number of hydrogen-bond donors (Lipinski definition) is 2. The number of nitrogens with zero attached hydrogens (tertiary/aromatic N) is 4. The maximum Gasteiger partial charge on any atom is 0.433 e. The Bertz CT molecular complexity index is 611. The van der Waals surface area contributed by atoms with Crippen LogP contribution < -0.4 is 5.32 Å². The predicted octanol–water partition coefficient (Wildman–Crippen LogP) is 1.88. The number of nitrogens with one attached hydrogen (secondary N) is 2. The second-order valence-electron chi connectivity index (χ2n) is 4.51. The molecule has 0 saturated heterocycles. The molecule has 2 aromatic heterocycles. The van der Waals surface area contributed by atoms with Crippen LogP contribution in [0.15, 0.2) is 18.3 Å². The average molecular weight is 314 g/mol. The number of carbonyl (C=O) groups excluding carboxylic acids is 1. The first-order valence-corrected chi connectivity index (χ1v) is 6.49. The smallest absolute Gasteiger partial charge is 0.342 e. The van der Waals surface area contributed by atoms with Gasteiger partial charge in [-0.2, -0.15) is 18.4 Å². The molecule has 118 valence electrons. The van der Waals surface area contributed by atoms with Crippen molar-refractivity contribution in [3.63, 3.8) is 0 Å². The van der Waals surface area contributed by atoms with Gasteiger partial charge in [-0.25, -0.2) is 0 Å². The van der Waals surface area contributed by atoms with E-state index in [1.54, 1.807) is 0 Å². The van der Waals surface area contributed by atoms with Gasteiger partial charge >= 0.3 is 6.18 Å². The third-order valence-corrected chi connectivity index (χ3v) is 2.87. The Balaban J connectivity index is 2.10. The molecular weight excluding hydrogens is 301 g/mol. The van der Waals surface area contributed by atoms with Gasteiger partial charge in [0.1, 0.15) is 5.69 Å². The molecule has 22 heavy (non-hydrogen) atoms. The highest BCUT2D eigenvalue weighted by Gasteiger charge is 2.32. The summed E-state index contributed by atoms with van der Waals surface area (Å²) in [6, 6.07) is 1.36. The summed E-state index contributed by atoms with van der Waals surface area (Å²) in [4.78, 5) is 15.3. The Morgan fingerprint density at radius 3 is 2.68 bits per heavy atom. The molecule has 2 aromatic rings. The van der Waals surface area contributed by atoms with Crippen molar-refractivity contribution in [3.05, 3.63) is 35.4 Å². The highest BCUT2D eigenvalue weighted by Crippen LogP contribution is 2.27. The molecule has 0 bridgehead atoms. The molecule has 0 aliphatic rings. The fourth-order valence-corrected chi connectivity index (χ4v) is 1.81. The van der Waals surface area contributed by atoms with Gasteiger partial charge in [-0.1, -0.05) is 18.6 Å². The fourth-order valence-electron chi connectivity index (χ4n) is 1.81. The van der Waals surface area contributed by atoms with E-state index in [4.69, 9.17) is 0 Å². The number of aromatic nitrogens is 5. The molecular formula is C12H13F3N6O. The summed E-state index contributed by atoms with van der Waals surface area (Å²) in [5.41, 5.74) is -1.02. The number of carbonyl (C=O) groups is 1. The Morgan fingerprint density at radius 2 is 2.18 bits per heavy atom. The van der Waals surface area contributed by atoms with Crippen LogP contribution in [0.3, 0.4) is 0 Å². The molecule has 0 fully saturated rings. The number of aromatic amines is 1. The molecule has 2 rings (SSSR count). The number of tetrazole rings is 1. The van der Waals surface area contributed by atoms with Crippen LogP contribution in [-0.2, 0) is 6.18 Å². The molecule has 0 spiro atoms. The fraction of sp³-hybridized carbons (Fsp3) is 0.417. The molecule has 0 radical (unpaired) electrons. The van der Waals surface area contributed by atoms with Crippen molar-refractivity contribution in [1.82, 2.24) is 30.9 Å². The Hall–Kier alpha value is -2.52. The second kappa shape index (κ2) is 6.50. The molecule has 2 N–H and O–H groups in total. The van der Waals surface area contributed by atoms with Gasteiger partial charge in [0, 0.05) is 6.20 Å². The van der Waals surface area contributed by atoms with Gasteiger partial charge in [0.25, 0.3) is 5.91 Å². The Kier molecular flexibility index (Phi) is 4.68. The van der Waals surface area contributed by atoms with Crippen molar-refractivity contribution in [3.8, 4) is 0 Å². The number of amides is 1. The lowest BCUT2D eigenvalue weighted by Gasteiger charge is -2.14. The van der Waals surface area contributed by atoms with Crippen molar-refractivity contribution >= 4 is 5.91 Å².